The van der Waals surface area contributed by atoms with Crippen molar-refractivity contribution in [2.45, 2.75) is 51.5 Å². The maximum atomic E-state index is 11.9. The van der Waals surface area contributed by atoms with Gasteiger partial charge in [-0.3, -0.25) is 4.79 Å². The molecule has 0 bridgehead atoms. The normalized spacial score (nSPS) is 21.3. The number of nitrogens with one attached hydrogen (secondary N) is 1. The highest BCUT2D eigenvalue weighted by Crippen LogP contribution is 2.26. The Morgan fingerprint density at radius 3 is 2.50 bits per heavy atom. The molecular formula is C13H24N2O. The highest BCUT2D eigenvalue weighted by Gasteiger charge is 2.30. The summed E-state index contributed by atoms with van der Waals surface area (Å²) in [5.41, 5.74) is 0. The fraction of sp³-hybridized carbons (Fsp3) is 0.923. The monoisotopic (exact) mass is 224 g/mol. The standard InChI is InChI=1S/C13H24N2O/c1-2-15(12-7-8-12)13(16)10-14-9-11-5-3-4-6-11/h11-12,14H,2-10H2,1H3. The Hall–Kier alpha value is -0.570. The first-order valence-electron chi connectivity index (χ1n) is 6.81. The van der Waals surface area contributed by atoms with Crippen LogP contribution in [0.25, 0.3) is 0 Å². The van der Waals surface area contributed by atoms with E-state index < -0.39 is 0 Å². The van der Waals surface area contributed by atoms with Gasteiger partial charge >= 0.3 is 0 Å². The van der Waals surface area contributed by atoms with Gasteiger partial charge in [0.1, 0.15) is 0 Å². The molecule has 0 radical (unpaired) electrons. The Balaban J connectivity index is 1.62. The lowest BCUT2D eigenvalue weighted by Gasteiger charge is -2.21. The van der Waals surface area contributed by atoms with Gasteiger partial charge < -0.3 is 10.2 Å². The van der Waals surface area contributed by atoms with Gasteiger partial charge in [0, 0.05) is 12.6 Å². The van der Waals surface area contributed by atoms with Gasteiger partial charge in [0.2, 0.25) is 5.91 Å². The van der Waals surface area contributed by atoms with Crippen LogP contribution in [0.3, 0.4) is 0 Å². The number of amides is 1. The molecule has 1 N–H and O–H groups in total. The Bertz CT molecular complexity index is 232. The number of likely N-dealkylation sites (N-methyl/N-ethyl adjacent to an activating group) is 1. The van der Waals surface area contributed by atoms with Gasteiger partial charge in [-0.05, 0) is 45.1 Å². The minimum Gasteiger partial charge on any atom is -0.339 e. The molecule has 1 amide bonds. The molecule has 0 spiro atoms. The van der Waals surface area contributed by atoms with Crippen molar-refractivity contribution in [3.05, 3.63) is 0 Å². The molecule has 0 atom stereocenters. The molecule has 2 rings (SSSR count). The van der Waals surface area contributed by atoms with Crippen molar-refractivity contribution < 1.29 is 4.79 Å². The molecule has 0 aromatic heterocycles. The Morgan fingerprint density at radius 1 is 1.25 bits per heavy atom. The number of hydrogen-bond donors (Lipinski definition) is 1. The van der Waals surface area contributed by atoms with E-state index in [9.17, 15) is 4.79 Å². The summed E-state index contributed by atoms with van der Waals surface area (Å²) in [4.78, 5) is 13.9. The van der Waals surface area contributed by atoms with E-state index in [1.807, 2.05) is 4.90 Å². The Kier molecular flexibility index (Phi) is 4.22. The lowest BCUT2D eigenvalue weighted by Crippen LogP contribution is -2.40. The zero-order chi connectivity index (χ0) is 11.4. The third-order valence-corrected chi connectivity index (χ3v) is 3.83. The van der Waals surface area contributed by atoms with Crippen molar-refractivity contribution in [2.24, 2.45) is 5.92 Å². The third-order valence-electron chi connectivity index (χ3n) is 3.83. The van der Waals surface area contributed by atoms with Crippen LogP contribution < -0.4 is 5.32 Å². The van der Waals surface area contributed by atoms with E-state index in [1.165, 1.54) is 38.5 Å². The van der Waals surface area contributed by atoms with E-state index >= 15 is 0 Å². The molecule has 2 saturated carbocycles. The van der Waals surface area contributed by atoms with Crippen LogP contribution in [0.1, 0.15) is 45.4 Å². The average Bonchev–Trinajstić information content (AvgIpc) is 2.96. The van der Waals surface area contributed by atoms with Crippen LogP contribution in [0.5, 0.6) is 0 Å². The van der Waals surface area contributed by atoms with Crippen molar-refractivity contribution in [3.63, 3.8) is 0 Å². The smallest absolute Gasteiger partial charge is 0.236 e. The molecule has 0 saturated heterocycles. The zero-order valence-electron chi connectivity index (χ0n) is 10.4. The van der Waals surface area contributed by atoms with Crippen molar-refractivity contribution in [3.8, 4) is 0 Å². The fourth-order valence-corrected chi connectivity index (χ4v) is 2.72. The summed E-state index contributed by atoms with van der Waals surface area (Å²) in [5.74, 6) is 1.12. The second-order valence-electron chi connectivity index (χ2n) is 5.19. The highest BCUT2D eigenvalue weighted by atomic mass is 16.2. The maximum Gasteiger partial charge on any atom is 0.236 e. The summed E-state index contributed by atoms with van der Waals surface area (Å²) >= 11 is 0. The molecule has 2 fully saturated rings. The molecule has 2 aliphatic rings. The van der Waals surface area contributed by atoms with Crippen LogP contribution in [0, 0.1) is 5.92 Å². The predicted octanol–water partition coefficient (Wildman–Crippen LogP) is 1.78. The van der Waals surface area contributed by atoms with E-state index in [-0.39, 0.29) is 0 Å². The molecular weight excluding hydrogens is 200 g/mol. The van der Waals surface area contributed by atoms with Gasteiger partial charge in [0.05, 0.1) is 6.54 Å². The molecule has 0 aromatic rings. The van der Waals surface area contributed by atoms with Crippen LogP contribution in [0.2, 0.25) is 0 Å². The van der Waals surface area contributed by atoms with Gasteiger partial charge in [0.15, 0.2) is 0 Å². The quantitative estimate of drug-likeness (QED) is 0.746. The van der Waals surface area contributed by atoms with Crippen molar-refractivity contribution in [2.75, 3.05) is 19.6 Å². The van der Waals surface area contributed by atoms with E-state index in [2.05, 4.69) is 12.2 Å². The van der Waals surface area contributed by atoms with E-state index in [4.69, 9.17) is 0 Å². The third kappa shape index (κ3) is 3.21. The second kappa shape index (κ2) is 5.67. The van der Waals surface area contributed by atoms with Crippen LogP contribution in [-0.4, -0.2) is 36.5 Å². The lowest BCUT2D eigenvalue weighted by atomic mass is 10.1. The summed E-state index contributed by atoms with van der Waals surface area (Å²) in [6.07, 6.45) is 7.87. The Morgan fingerprint density at radius 2 is 1.94 bits per heavy atom. The molecule has 3 heteroatoms. The number of carbonyl (C=O) groups excluding carboxylic acids is 1. The van der Waals surface area contributed by atoms with Crippen LogP contribution in [0.4, 0.5) is 0 Å². The molecule has 0 aliphatic heterocycles. The predicted molar refractivity (Wildman–Crippen MR) is 65.2 cm³/mol. The second-order valence-corrected chi connectivity index (χ2v) is 5.19. The topological polar surface area (TPSA) is 32.3 Å². The molecule has 92 valence electrons. The fourth-order valence-electron chi connectivity index (χ4n) is 2.72. The minimum absolute atomic E-state index is 0.294. The van der Waals surface area contributed by atoms with Crippen molar-refractivity contribution >= 4 is 5.91 Å². The van der Waals surface area contributed by atoms with Gasteiger partial charge in [-0.25, -0.2) is 0 Å². The van der Waals surface area contributed by atoms with Crippen molar-refractivity contribution in [1.29, 1.82) is 0 Å². The number of nitrogens with zero attached hydrogens (tertiary/aromatic N) is 1. The maximum absolute atomic E-state index is 11.9. The van der Waals surface area contributed by atoms with E-state index in [1.54, 1.807) is 0 Å². The summed E-state index contributed by atoms with van der Waals surface area (Å²) in [7, 11) is 0. The van der Waals surface area contributed by atoms with Gasteiger partial charge in [-0.15, -0.1) is 0 Å². The first-order valence-corrected chi connectivity index (χ1v) is 6.81. The van der Waals surface area contributed by atoms with Gasteiger partial charge in [-0.2, -0.15) is 0 Å². The Labute approximate surface area is 98.6 Å². The highest BCUT2D eigenvalue weighted by molar-refractivity contribution is 5.78. The molecule has 0 aromatic carbocycles. The molecule has 2 aliphatic carbocycles. The van der Waals surface area contributed by atoms with Crippen LogP contribution in [0.15, 0.2) is 0 Å². The molecule has 0 heterocycles. The summed E-state index contributed by atoms with van der Waals surface area (Å²) in [6.45, 7) is 4.52. The summed E-state index contributed by atoms with van der Waals surface area (Å²) in [6, 6.07) is 0.561. The molecule has 3 nitrogen and oxygen atoms in total. The molecule has 0 unspecified atom stereocenters. The van der Waals surface area contributed by atoms with Crippen LogP contribution in [-0.2, 0) is 4.79 Å². The average molecular weight is 224 g/mol. The van der Waals surface area contributed by atoms with Crippen LogP contribution >= 0.6 is 0 Å². The van der Waals surface area contributed by atoms with Gasteiger partial charge in [-0.1, -0.05) is 12.8 Å². The SMILES string of the molecule is CCN(C(=O)CNCC1CCCC1)C1CC1. The first kappa shape index (κ1) is 11.9. The van der Waals surface area contributed by atoms with Gasteiger partial charge in [0.25, 0.3) is 0 Å². The largest absolute Gasteiger partial charge is 0.339 e. The van der Waals surface area contributed by atoms with E-state index in [0.29, 0.717) is 18.5 Å². The molecule has 16 heavy (non-hydrogen) atoms. The first-order chi connectivity index (χ1) is 7.81. The summed E-state index contributed by atoms with van der Waals surface area (Å²) < 4.78 is 0. The number of carbonyl (C=O) groups is 1. The number of rotatable bonds is 6. The van der Waals surface area contributed by atoms with E-state index in [0.717, 1.165) is 19.0 Å². The lowest BCUT2D eigenvalue weighted by molar-refractivity contribution is -0.130. The minimum atomic E-state index is 0.294. The summed E-state index contributed by atoms with van der Waals surface area (Å²) in [5, 5.41) is 3.33. The zero-order valence-corrected chi connectivity index (χ0v) is 10.4. The number of hydrogen-bond acceptors (Lipinski definition) is 2. The van der Waals surface area contributed by atoms with Crippen molar-refractivity contribution in [1.82, 2.24) is 10.2 Å².